The highest BCUT2D eigenvalue weighted by atomic mass is 19.4. The van der Waals surface area contributed by atoms with Crippen LogP contribution in [0.1, 0.15) is 22.3 Å². The number of carbonyl (C=O) groups is 1. The molecule has 0 aliphatic carbocycles. The van der Waals surface area contributed by atoms with Crippen molar-refractivity contribution in [3.8, 4) is 28.6 Å². The van der Waals surface area contributed by atoms with Crippen LogP contribution in [0.25, 0.3) is 11.1 Å². The number of hydrogen-bond acceptors (Lipinski definition) is 6. The molecule has 7 nitrogen and oxygen atoms in total. The number of halogens is 4. The first-order valence-electron chi connectivity index (χ1n) is 10.6. The number of nitrogens with one attached hydrogen (secondary N) is 1. The van der Waals surface area contributed by atoms with Gasteiger partial charge in [-0.3, -0.25) is 4.79 Å². The Kier molecular flexibility index (Phi) is 7.04. The van der Waals surface area contributed by atoms with Crippen molar-refractivity contribution in [3.63, 3.8) is 0 Å². The topological polar surface area (TPSA) is 82.6 Å². The van der Waals surface area contributed by atoms with E-state index in [4.69, 9.17) is 14.2 Å². The minimum atomic E-state index is -4.32. The number of ether oxygens (including phenoxy) is 3. The minimum Gasteiger partial charge on any atom is -0.491 e. The molecule has 0 fully saturated rings. The molecule has 2 aromatic heterocycles. The summed E-state index contributed by atoms with van der Waals surface area (Å²) >= 11 is 0. The third-order valence-corrected chi connectivity index (χ3v) is 5.30. The van der Waals surface area contributed by atoms with Crippen LogP contribution in [0.2, 0.25) is 0 Å². The first-order chi connectivity index (χ1) is 16.7. The van der Waals surface area contributed by atoms with Crippen LogP contribution in [0, 0.1) is 5.82 Å². The number of benzene rings is 1. The molecule has 1 aliphatic heterocycles. The Hall–Kier alpha value is -3.89. The first kappa shape index (κ1) is 24.2. The second-order valence-electron chi connectivity index (χ2n) is 7.78. The molecule has 0 spiro atoms. The Balaban J connectivity index is 1.42. The summed E-state index contributed by atoms with van der Waals surface area (Å²) in [6, 6.07) is 9.10. The molecule has 1 aromatic carbocycles. The fraction of sp³-hybridized carbons (Fsp3) is 0.292. The maximum Gasteiger partial charge on any atom is 0.392 e. The Labute approximate surface area is 198 Å². The van der Waals surface area contributed by atoms with Crippen molar-refractivity contribution in [2.45, 2.75) is 25.1 Å². The zero-order valence-electron chi connectivity index (χ0n) is 18.6. The summed E-state index contributed by atoms with van der Waals surface area (Å²) < 4.78 is 66.5. The maximum atomic E-state index is 14.2. The average Bonchev–Trinajstić information content (AvgIpc) is 2.83. The normalized spacial score (nSPS) is 15.1. The lowest BCUT2D eigenvalue weighted by atomic mass is 9.93. The smallest absolute Gasteiger partial charge is 0.392 e. The molecule has 11 heteroatoms. The summed E-state index contributed by atoms with van der Waals surface area (Å²) in [6.07, 6.45) is -2.26. The Bertz CT molecular complexity index is 1200. The molecule has 1 atom stereocenters. The number of carbonyl (C=O) groups excluding carboxylic acids is 1. The fourth-order valence-electron chi connectivity index (χ4n) is 3.63. The highest BCUT2D eigenvalue weighted by Crippen LogP contribution is 2.35. The molecule has 0 unspecified atom stereocenters. The summed E-state index contributed by atoms with van der Waals surface area (Å²) in [5.41, 5.74) is 2.27. The van der Waals surface area contributed by atoms with Gasteiger partial charge in [-0.2, -0.15) is 13.2 Å². The predicted molar refractivity (Wildman–Crippen MR) is 117 cm³/mol. The zero-order valence-corrected chi connectivity index (χ0v) is 18.6. The van der Waals surface area contributed by atoms with E-state index in [-0.39, 0.29) is 30.0 Å². The lowest BCUT2D eigenvalue weighted by molar-refractivity contribution is -0.139. The number of aromatic nitrogens is 2. The van der Waals surface area contributed by atoms with Crippen LogP contribution in [0.3, 0.4) is 0 Å². The average molecular weight is 491 g/mol. The number of alkyl halides is 3. The summed E-state index contributed by atoms with van der Waals surface area (Å²) in [5, 5.41) is 2.86. The Morgan fingerprint density at radius 1 is 1.20 bits per heavy atom. The summed E-state index contributed by atoms with van der Waals surface area (Å²) in [4.78, 5) is 20.6. The standard InChI is InChI=1S/C24H21F4N3O4/c1-33-23-19(25)9-15(12-30-23)17-3-2-4-20-18(17)10-16(13-35-20)31-22(32)14-5-6-21(29-11-14)34-8-7-24(26,27)28/h2-6,9,11-12,16H,7-8,10,13H2,1H3,(H,31,32)/t16-/m0/s1. The third-order valence-electron chi connectivity index (χ3n) is 5.30. The van der Waals surface area contributed by atoms with E-state index in [1.54, 1.807) is 12.1 Å². The van der Waals surface area contributed by atoms with Gasteiger partial charge in [0.15, 0.2) is 5.82 Å². The van der Waals surface area contributed by atoms with E-state index in [9.17, 15) is 22.4 Å². The van der Waals surface area contributed by atoms with Crippen molar-refractivity contribution in [1.29, 1.82) is 0 Å². The van der Waals surface area contributed by atoms with Crippen molar-refractivity contribution in [3.05, 3.63) is 65.7 Å². The molecular formula is C24H21F4N3O4. The quantitative estimate of drug-likeness (QED) is 0.495. The largest absolute Gasteiger partial charge is 0.491 e. The number of pyridine rings is 2. The first-order valence-corrected chi connectivity index (χ1v) is 10.6. The minimum absolute atomic E-state index is 0.00861. The van der Waals surface area contributed by atoms with Crippen LogP contribution >= 0.6 is 0 Å². The third kappa shape index (κ3) is 5.97. The van der Waals surface area contributed by atoms with E-state index < -0.39 is 30.9 Å². The van der Waals surface area contributed by atoms with Gasteiger partial charge >= 0.3 is 6.18 Å². The van der Waals surface area contributed by atoms with Gasteiger partial charge in [-0.25, -0.2) is 14.4 Å². The van der Waals surface area contributed by atoms with Gasteiger partial charge in [0.25, 0.3) is 5.91 Å². The molecule has 1 aliphatic rings. The van der Waals surface area contributed by atoms with Gasteiger partial charge in [-0.1, -0.05) is 12.1 Å². The van der Waals surface area contributed by atoms with Gasteiger partial charge in [0.05, 0.1) is 31.7 Å². The Morgan fingerprint density at radius 3 is 2.71 bits per heavy atom. The van der Waals surface area contributed by atoms with E-state index >= 15 is 0 Å². The molecule has 0 saturated carbocycles. The van der Waals surface area contributed by atoms with Crippen LogP contribution in [-0.4, -0.2) is 48.4 Å². The van der Waals surface area contributed by atoms with E-state index in [1.807, 2.05) is 6.07 Å². The predicted octanol–water partition coefficient (Wildman–Crippen LogP) is 4.36. The molecule has 0 saturated heterocycles. The second-order valence-corrected chi connectivity index (χ2v) is 7.78. The number of methoxy groups -OCH3 is 1. The molecule has 3 aromatic rings. The molecular weight excluding hydrogens is 470 g/mol. The van der Waals surface area contributed by atoms with Gasteiger partial charge in [0.1, 0.15) is 12.4 Å². The number of rotatable bonds is 7. The number of nitrogens with zero attached hydrogens (tertiary/aromatic N) is 2. The van der Waals surface area contributed by atoms with Crippen molar-refractivity contribution in [2.24, 2.45) is 0 Å². The van der Waals surface area contributed by atoms with Crippen molar-refractivity contribution < 1.29 is 36.6 Å². The lowest BCUT2D eigenvalue weighted by Crippen LogP contribution is -2.42. The summed E-state index contributed by atoms with van der Waals surface area (Å²) in [6.45, 7) is -0.333. The molecule has 1 N–H and O–H groups in total. The molecule has 3 heterocycles. The van der Waals surface area contributed by atoms with Crippen molar-refractivity contribution >= 4 is 5.91 Å². The van der Waals surface area contributed by atoms with Crippen LogP contribution in [0.4, 0.5) is 17.6 Å². The van der Waals surface area contributed by atoms with Crippen LogP contribution < -0.4 is 19.5 Å². The van der Waals surface area contributed by atoms with Crippen LogP contribution in [0.5, 0.6) is 17.5 Å². The second kappa shape index (κ2) is 10.2. The zero-order chi connectivity index (χ0) is 25.0. The highest BCUT2D eigenvalue weighted by molar-refractivity contribution is 5.94. The molecule has 0 radical (unpaired) electrons. The highest BCUT2D eigenvalue weighted by Gasteiger charge is 2.27. The van der Waals surface area contributed by atoms with Gasteiger partial charge in [0.2, 0.25) is 11.8 Å². The van der Waals surface area contributed by atoms with Crippen molar-refractivity contribution in [2.75, 3.05) is 20.3 Å². The van der Waals surface area contributed by atoms with Gasteiger partial charge in [-0.05, 0) is 23.8 Å². The van der Waals surface area contributed by atoms with Crippen LogP contribution in [0.15, 0.2) is 48.8 Å². The van der Waals surface area contributed by atoms with E-state index in [0.717, 1.165) is 11.1 Å². The molecule has 4 rings (SSSR count). The fourth-order valence-corrected chi connectivity index (χ4v) is 3.63. The summed E-state index contributed by atoms with van der Waals surface area (Å²) in [7, 11) is 1.33. The van der Waals surface area contributed by atoms with Gasteiger partial charge < -0.3 is 19.5 Å². The number of fused-ring (bicyclic) bond motifs is 1. The van der Waals surface area contributed by atoms with Gasteiger partial charge in [-0.15, -0.1) is 0 Å². The van der Waals surface area contributed by atoms with Gasteiger partial charge in [0, 0.05) is 36.0 Å². The van der Waals surface area contributed by atoms with E-state index in [0.29, 0.717) is 17.7 Å². The SMILES string of the molecule is COc1ncc(-c2cccc3c2C[C@H](NC(=O)c2ccc(OCCC(F)(F)F)nc2)CO3)cc1F. The number of hydrogen-bond donors (Lipinski definition) is 1. The lowest BCUT2D eigenvalue weighted by Gasteiger charge is -2.28. The van der Waals surface area contributed by atoms with E-state index in [2.05, 4.69) is 15.3 Å². The number of amides is 1. The van der Waals surface area contributed by atoms with Crippen LogP contribution in [-0.2, 0) is 6.42 Å². The monoisotopic (exact) mass is 491 g/mol. The maximum absolute atomic E-state index is 14.2. The molecule has 1 amide bonds. The van der Waals surface area contributed by atoms with Crippen molar-refractivity contribution in [1.82, 2.24) is 15.3 Å². The molecule has 35 heavy (non-hydrogen) atoms. The molecule has 0 bridgehead atoms. The van der Waals surface area contributed by atoms with E-state index in [1.165, 1.54) is 37.7 Å². The Morgan fingerprint density at radius 2 is 2.03 bits per heavy atom. The molecule has 184 valence electrons. The summed E-state index contributed by atoms with van der Waals surface area (Å²) in [5.74, 6) is -0.504.